The van der Waals surface area contributed by atoms with Gasteiger partial charge < -0.3 is 15.5 Å². The zero-order valence-electron chi connectivity index (χ0n) is 13.3. The van der Waals surface area contributed by atoms with Crippen molar-refractivity contribution in [3.63, 3.8) is 0 Å². The Hall–Kier alpha value is -0.610. The van der Waals surface area contributed by atoms with E-state index in [-0.39, 0.29) is 6.04 Å². The quantitative estimate of drug-likeness (QED) is 0.876. The van der Waals surface area contributed by atoms with Gasteiger partial charge >= 0.3 is 0 Å². The molecule has 0 amide bonds. The van der Waals surface area contributed by atoms with Crippen LogP contribution in [0.2, 0.25) is 5.02 Å². The number of nitrogens with two attached hydrogens (primary N) is 1. The van der Waals surface area contributed by atoms with Crippen LogP contribution in [0.4, 0.5) is 0 Å². The fourth-order valence-electron chi connectivity index (χ4n) is 3.11. The van der Waals surface area contributed by atoms with Crippen LogP contribution in [0, 0.1) is 0 Å². The molecule has 0 aromatic heterocycles. The lowest BCUT2D eigenvalue weighted by atomic mass is 10.0. The molecule has 1 heterocycles. The van der Waals surface area contributed by atoms with Gasteiger partial charge in [-0.25, -0.2) is 0 Å². The van der Waals surface area contributed by atoms with Crippen LogP contribution in [0.1, 0.15) is 37.8 Å². The van der Waals surface area contributed by atoms with E-state index in [1.54, 1.807) is 0 Å². The molecule has 0 aliphatic carbocycles. The van der Waals surface area contributed by atoms with Gasteiger partial charge in [0.05, 0.1) is 0 Å². The van der Waals surface area contributed by atoms with Gasteiger partial charge in [0, 0.05) is 17.1 Å². The fourth-order valence-corrected chi connectivity index (χ4v) is 3.30. The zero-order chi connectivity index (χ0) is 15.2. The first-order valence-electron chi connectivity index (χ1n) is 8.03. The Labute approximate surface area is 134 Å². The second-order valence-corrected chi connectivity index (χ2v) is 6.53. The Bertz CT molecular complexity index is 430. The highest BCUT2D eigenvalue weighted by atomic mass is 35.5. The number of benzene rings is 1. The molecule has 1 unspecified atom stereocenters. The lowest BCUT2D eigenvalue weighted by molar-refractivity contribution is 0.129. The summed E-state index contributed by atoms with van der Waals surface area (Å²) in [5, 5.41) is 0.767. The maximum atomic E-state index is 6.29. The van der Waals surface area contributed by atoms with Crippen molar-refractivity contribution in [2.75, 3.05) is 33.2 Å². The van der Waals surface area contributed by atoms with E-state index < -0.39 is 0 Å². The highest BCUT2D eigenvalue weighted by Crippen LogP contribution is 2.20. The maximum absolute atomic E-state index is 6.29. The van der Waals surface area contributed by atoms with E-state index in [1.807, 2.05) is 18.2 Å². The van der Waals surface area contributed by atoms with Gasteiger partial charge in [-0.1, -0.05) is 30.7 Å². The standard InChI is InChI=1S/C17H28ClN3/c1-3-21-11-7-16(8-12-21)20(2)10-9-17(19)14-5-4-6-15(18)13-14/h4-6,13,16-17H,3,7-12,19H2,1-2H3. The third kappa shape index (κ3) is 4.96. The first-order valence-corrected chi connectivity index (χ1v) is 8.41. The number of hydrogen-bond donors (Lipinski definition) is 1. The Morgan fingerprint density at radius 2 is 2.10 bits per heavy atom. The van der Waals surface area contributed by atoms with Crippen LogP contribution in [0.3, 0.4) is 0 Å². The lowest BCUT2D eigenvalue weighted by Crippen LogP contribution is -2.43. The summed E-state index contributed by atoms with van der Waals surface area (Å²) in [5.74, 6) is 0. The van der Waals surface area contributed by atoms with E-state index in [9.17, 15) is 0 Å². The topological polar surface area (TPSA) is 32.5 Å². The molecule has 0 bridgehead atoms. The maximum Gasteiger partial charge on any atom is 0.0409 e. The van der Waals surface area contributed by atoms with Crippen LogP contribution in [-0.2, 0) is 0 Å². The van der Waals surface area contributed by atoms with Crippen molar-refractivity contribution in [3.8, 4) is 0 Å². The molecule has 1 aromatic rings. The zero-order valence-corrected chi connectivity index (χ0v) is 14.0. The van der Waals surface area contributed by atoms with Crippen molar-refractivity contribution in [2.45, 2.75) is 38.3 Å². The van der Waals surface area contributed by atoms with Gasteiger partial charge in [0.2, 0.25) is 0 Å². The van der Waals surface area contributed by atoms with Crippen molar-refractivity contribution in [2.24, 2.45) is 5.73 Å². The second-order valence-electron chi connectivity index (χ2n) is 6.10. The summed E-state index contributed by atoms with van der Waals surface area (Å²) in [4.78, 5) is 5.01. The number of piperidine rings is 1. The Morgan fingerprint density at radius 3 is 2.71 bits per heavy atom. The molecule has 0 radical (unpaired) electrons. The molecule has 1 fully saturated rings. The molecular weight excluding hydrogens is 282 g/mol. The summed E-state index contributed by atoms with van der Waals surface area (Å²) in [7, 11) is 2.23. The van der Waals surface area contributed by atoms with Crippen molar-refractivity contribution in [1.82, 2.24) is 9.80 Å². The van der Waals surface area contributed by atoms with Crippen molar-refractivity contribution in [3.05, 3.63) is 34.9 Å². The molecule has 118 valence electrons. The van der Waals surface area contributed by atoms with Gasteiger partial charge in [-0.3, -0.25) is 0 Å². The minimum atomic E-state index is 0.0712. The molecule has 21 heavy (non-hydrogen) atoms. The first kappa shape index (κ1) is 16.8. The number of halogens is 1. The predicted octanol–water partition coefficient (Wildman–Crippen LogP) is 3.15. The number of hydrogen-bond acceptors (Lipinski definition) is 3. The normalized spacial score (nSPS) is 19.1. The second kappa shape index (κ2) is 8.14. The van der Waals surface area contributed by atoms with Gasteiger partial charge in [0.25, 0.3) is 0 Å². The first-order chi connectivity index (χ1) is 10.1. The Balaban J connectivity index is 1.77. The molecule has 2 N–H and O–H groups in total. The molecular formula is C17H28ClN3. The van der Waals surface area contributed by atoms with Crippen molar-refractivity contribution >= 4 is 11.6 Å². The molecule has 0 saturated carbocycles. The molecule has 0 spiro atoms. The summed E-state index contributed by atoms with van der Waals surface area (Å²) in [6, 6.07) is 8.69. The van der Waals surface area contributed by atoms with E-state index in [2.05, 4.69) is 29.8 Å². The van der Waals surface area contributed by atoms with Crippen LogP contribution < -0.4 is 5.73 Å². The van der Waals surface area contributed by atoms with E-state index in [0.29, 0.717) is 6.04 Å². The average Bonchev–Trinajstić information content (AvgIpc) is 2.52. The number of likely N-dealkylation sites (tertiary alicyclic amines) is 1. The molecule has 1 aromatic carbocycles. The molecule has 1 aliphatic heterocycles. The Kier molecular flexibility index (Phi) is 6.49. The number of rotatable bonds is 6. The summed E-state index contributed by atoms with van der Waals surface area (Å²) >= 11 is 6.03. The molecule has 2 rings (SSSR count). The summed E-state index contributed by atoms with van der Waals surface area (Å²) < 4.78 is 0. The monoisotopic (exact) mass is 309 g/mol. The summed E-state index contributed by atoms with van der Waals surface area (Å²) in [6.45, 7) is 6.92. The van der Waals surface area contributed by atoms with E-state index >= 15 is 0 Å². The van der Waals surface area contributed by atoms with Crippen LogP contribution >= 0.6 is 11.6 Å². The third-order valence-corrected chi connectivity index (χ3v) is 4.93. The smallest absolute Gasteiger partial charge is 0.0409 e. The van der Waals surface area contributed by atoms with Gasteiger partial charge in [-0.2, -0.15) is 0 Å². The molecule has 4 heteroatoms. The minimum absolute atomic E-state index is 0.0712. The molecule has 1 aliphatic rings. The van der Waals surface area contributed by atoms with Crippen LogP contribution in [-0.4, -0.2) is 49.1 Å². The fraction of sp³-hybridized carbons (Fsp3) is 0.647. The number of nitrogens with zero attached hydrogens (tertiary/aromatic N) is 2. The van der Waals surface area contributed by atoms with Gasteiger partial charge in [0.1, 0.15) is 0 Å². The highest BCUT2D eigenvalue weighted by Gasteiger charge is 2.21. The SMILES string of the molecule is CCN1CCC(N(C)CCC(N)c2cccc(Cl)c2)CC1. The highest BCUT2D eigenvalue weighted by molar-refractivity contribution is 6.30. The largest absolute Gasteiger partial charge is 0.324 e. The summed E-state index contributed by atoms with van der Waals surface area (Å²) in [5.41, 5.74) is 7.43. The van der Waals surface area contributed by atoms with E-state index in [1.165, 1.54) is 32.5 Å². The van der Waals surface area contributed by atoms with Gasteiger partial charge in [-0.05, 0) is 70.2 Å². The van der Waals surface area contributed by atoms with Crippen LogP contribution in [0.15, 0.2) is 24.3 Å². The van der Waals surface area contributed by atoms with Crippen molar-refractivity contribution < 1.29 is 0 Å². The Morgan fingerprint density at radius 1 is 1.38 bits per heavy atom. The predicted molar refractivity (Wildman–Crippen MR) is 90.8 cm³/mol. The molecule has 1 saturated heterocycles. The third-order valence-electron chi connectivity index (χ3n) is 4.70. The van der Waals surface area contributed by atoms with Crippen molar-refractivity contribution in [1.29, 1.82) is 0 Å². The van der Waals surface area contributed by atoms with E-state index in [4.69, 9.17) is 17.3 Å². The lowest BCUT2D eigenvalue weighted by Gasteiger charge is -2.36. The summed E-state index contributed by atoms with van der Waals surface area (Å²) in [6.07, 6.45) is 3.53. The molecule has 3 nitrogen and oxygen atoms in total. The van der Waals surface area contributed by atoms with Crippen LogP contribution in [0.25, 0.3) is 0 Å². The van der Waals surface area contributed by atoms with Gasteiger partial charge in [0.15, 0.2) is 0 Å². The van der Waals surface area contributed by atoms with E-state index in [0.717, 1.165) is 23.6 Å². The molecule has 1 atom stereocenters. The average molecular weight is 310 g/mol. The minimum Gasteiger partial charge on any atom is -0.324 e. The van der Waals surface area contributed by atoms with Crippen LogP contribution in [0.5, 0.6) is 0 Å². The van der Waals surface area contributed by atoms with Gasteiger partial charge in [-0.15, -0.1) is 0 Å².